The highest BCUT2D eigenvalue weighted by atomic mass is 16.6. The molecule has 3 fully saturated rings. The average Bonchev–Trinajstić information content (AvgIpc) is 3.62. The number of carbonyl (C=O) groups is 3. The molecule has 0 spiro atoms. The fourth-order valence-electron chi connectivity index (χ4n) is 6.19. The topological polar surface area (TPSA) is 107 Å². The van der Waals surface area contributed by atoms with Crippen LogP contribution in [0, 0.1) is 11.8 Å². The van der Waals surface area contributed by atoms with Crippen LogP contribution < -0.4 is 9.47 Å². The molecule has 9 heteroatoms. The first-order valence-corrected chi connectivity index (χ1v) is 13.0. The number of esters is 3. The van der Waals surface area contributed by atoms with Crippen LogP contribution in [-0.2, 0) is 38.9 Å². The van der Waals surface area contributed by atoms with Gasteiger partial charge in [-0.25, -0.2) is 0 Å². The smallest absolute Gasteiger partial charge is 0.320 e. The van der Waals surface area contributed by atoms with E-state index in [2.05, 4.69) is 0 Å². The lowest BCUT2D eigenvalue weighted by Gasteiger charge is -2.42. The van der Waals surface area contributed by atoms with E-state index in [0.29, 0.717) is 11.5 Å². The van der Waals surface area contributed by atoms with E-state index >= 15 is 0 Å². The normalized spacial score (nSPS) is 26.8. The van der Waals surface area contributed by atoms with E-state index in [1.165, 1.54) is 6.92 Å². The molecule has 0 aliphatic carbocycles. The van der Waals surface area contributed by atoms with Crippen LogP contribution in [0.1, 0.15) is 23.6 Å². The summed E-state index contributed by atoms with van der Waals surface area (Å²) in [5.74, 6) is -2.25. The second-order valence-corrected chi connectivity index (χ2v) is 10.0. The molecule has 3 aliphatic rings. The maximum atomic E-state index is 12.7. The number of rotatable bonds is 8. The zero-order chi connectivity index (χ0) is 28.0. The molecule has 3 aliphatic heterocycles. The number of ether oxygens (including phenoxy) is 6. The van der Waals surface area contributed by atoms with Gasteiger partial charge in [0.1, 0.15) is 47.2 Å². The minimum absolute atomic E-state index is 0.553. The van der Waals surface area contributed by atoms with Crippen molar-refractivity contribution in [3.05, 3.63) is 95.6 Å². The van der Waals surface area contributed by atoms with Crippen molar-refractivity contribution in [3.63, 3.8) is 0 Å². The Morgan fingerprint density at radius 2 is 1.18 bits per heavy atom. The maximum Gasteiger partial charge on any atom is 0.320 e. The van der Waals surface area contributed by atoms with Crippen molar-refractivity contribution in [1.29, 1.82) is 0 Å². The monoisotopic (exact) mass is 544 g/mol. The van der Waals surface area contributed by atoms with Crippen LogP contribution in [0.25, 0.3) is 0 Å². The highest BCUT2D eigenvalue weighted by Gasteiger charge is 2.71. The Morgan fingerprint density at radius 3 is 1.65 bits per heavy atom. The van der Waals surface area contributed by atoms with Crippen molar-refractivity contribution in [3.8, 4) is 11.5 Å². The molecule has 3 heterocycles. The number of hydrogen-bond acceptors (Lipinski definition) is 9. The fraction of sp³-hybridized carbons (Fsp3) is 0.323. The quantitative estimate of drug-likeness (QED) is 0.240. The summed E-state index contributed by atoms with van der Waals surface area (Å²) in [7, 11) is 3.18. The van der Waals surface area contributed by atoms with E-state index in [4.69, 9.17) is 28.4 Å². The number of fused-ring (bicyclic) bond motifs is 5. The van der Waals surface area contributed by atoms with Gasteiger partial charge in [0.25, 0.3) is 0 Å². The molecule has 3 saturated heterocycles. The Kier molecular flexibility index (Phi) is 6.56. The number of benzene rings is 3. The molecule has 40 heavy (non-hydrogen) atoms. The van der Waals surface area contributed by atoms with Crippen molar-refractivity contribution < 1.29 is 42.8 Å². The van der Waals surface area contributed by atoms with Crippen molar-refractivity contribution in [2.45, 2.75) is 36.9 Å². The van der Waals surface area contributed by atoms with Gasteiger partial charge in [0.15, 0.2) is 6.10 Å². The van der Waals surface area contributed by atoms with Crippen molar-refractivity contribution in [2.75, 3.05) is 14.2 Å². The molecule has 0 radical (unpaired) electrons. The summed E-state index contributed by atoms with van der Waals surface area (Å²) in [6, 6.07) is 24.6. The van der Waals surface area contributed by atoms with Gasteiger partial charge in [-0.05, 0) is 41.0 Å². The molecule has 0 N–H and O–H groups in total. The molecule has 6 atom stereocenters. The Balaban J connectivity index is 1.54. The third-order valence-corrected chi connectivity index (χ3v) is 7.91. The van der Waals surface area contributed by atoms with Crippen molar-refractivity contribution in [1.82, 2.24) is 0 Å². The van der Waals surface area contributed by atoms with Gasteiger partial charge in [0.05, 0.1) is 14.2 Å². The summed E-state index contributed by atoms with van der Waals surface area (Å²) in [5, 5.41) is 0. The van der Waals surface area contributed by atoms with Gasteiger partial charge in [-0.2, -0.15) is 0 Å². The van der Waals surface area contributed by atoms with Crippen molar-refractivity contribution in [2.24, 2.45) is 11.8 Å². The minimum Gasteiger partial charge on any atom is -0.497 e. The van der Waals surface area contributed by atoms with E-state index in [1.54, 1.807) is 14.2 Å². The summed E-state index contributed by atoms with van der Waals surface area (Å²) in [4.78, 5) is 37.5. The molecule has 9 nitrogen and oxygen atoms in total. The van der Waals surface area contributed by atoms with Crippen LogP contribution in [0.3, 0.4) is 0 Å². The molecule has 0 saturated carbocycles. The van der Waals surface area contributed by atoms with Crippen LogP contribution in [0.5, 0.6) is 11.5 Å². The summed E-state index contributed by atoms with van der Waals surface area (Å²) in [6.45, 7) is 1.29. The van der Waals surface area contributed by atoms with Crippen molar-refractivity contribution >= 4 is 17.9 Å². The predicted molar refractivity (Wildman–Crippen MR) is 139 cm³/mol. The second kappa shape index (κ2) is 10.1. The van der Waals surface area contributed by atoms with Gasteiger partial charge < -0.3 is 28.4 Å². The maximum absolute atomic E-state index is 12.7. The first-order valence-electron chi connectivity index (χ1n) is 13.0. The largest absolute Gasteiger partial charge is 0.497 e. The molecule has 3 aromatic carbocycles. The molecular weight excluding hydrogens is 516 g/mol. The van der Waals surface area contributed by atoms with E-state index in [-0.39, 0.29) is 0 Å². The lowest BCUT2D eigenvalue weighted by molar-refractivity contribution is -0.169. The first-order chi connectivity index (χ1) is 19.4. The third kappa shape index (κ3) is 4.04. The summed E-state index contributed by atoms with van der Waals surface area (Å²) in [5.41, 5.74) is 1.06. The number of methoxy groups -OCH3 is 2. The van der Waals surface area contributed by atoms with E-state index < -0.39 is 59.8 Å². The molecule has 0 aromatic heterocycles. The molecular formula is C31H28O9. The molecule has 0 amide bonds. The van der Waals surface area contributed by atoms with E-state index in [0.717, 1.165) is 16.7 Å². The Bertz CT molecular complexity index is 1370. The summed E-state index contributed by atoms with van der Waals surface area (Å²) >= 11 is 0. The van der Waals surface area contributed by atoms with E-state index in [9.17, 15) is 14.4 Å². The first kappa shape index (κ1) is 26.0. The third-order valence-electron chi connectivity index (χ3n) is 7.91. The van der Waals surface area contributed by atoms with Gasteiger partial charge in [-0.3, -0.25) is 14.4 Å². The highest BCUT2D eigenvalue weighted by molar-refractivity contribution is 5.98. The van der Waals surface area contributed by atoms with Gasteiger partial charge in [-0.1, -0.05) is 54.6 Å². The van der Waals surface area contributed by atoms with Gasteiger partial charge >= 0.3 is 17.9 Å². The van der Waals surface area contributed by atoms with E-state index in [1.807, 2.05) is 78.9 Å². The molecule has 6 rings (SSSR count). The van der Waals surface area contributed by atoms with Crippen LogP contribution in [0.2, 0.25) is 0 Å². The Morgan fingerprint density at radius 1 is 0.700 bits per heavy atom. The SMILES string of the molecule is COc1ccc(C(OC2C(OC(C)=O)C3OC2C2C(=O)OC(=O)C32)(c2ccccc2)c2ccc(OC)cc2)cc1. The van der Waals surface area contributed by atoms with Gasteiger partial charge in [0, 0.05) is 6.92 Å². The number of hydrogen-bond donors (Lipinski definition) is 0. The predicted octanol–water partition coefficient (Wildman–Crippen LogP) is 3.41. The zero-order valence-corrected chi connectivity index (χ0v) is 22.1. The lowest BCUT2D eigenvalue weighted by atomic mass is 9.76. The lowest BCUT2D eigenvalue weighted by Crippen LogP contribution is -2.54. The Labute approximate surface area is 230 Å². The molecule has 206 valence electrons. The molecule has 2 bridgehead atoms. The van der Waals surface area contributed by atoms with Gasteiger partial charge in [-0.15, -0.1) is 0 Å². The Hall–Kier alpha value is -4.21. The molecule has 3 aromatic rings. The van der Waals surface area contributed by atoms with Crippen LogP contribution in [-0.4, -0.2) is 56.5 Å². The summed E-state index contributed by atoms with van der Waals surface area (Å²) in [6.07, 6.45) is -3.58. The second-order valence-electron chi connectivity index (χ2n) is 10.0. The van der Waals surface area contributed by atoms with Crippen LogP contribution in [0.15, 0.2) is 78.9 Å². The fourth-order valence-corrected chi connectivity index (χ4v) is 6.19. The molecule has 6 unspecified atom stereocenters. The van der Waals surface area contributed by atoms with Crippen LogP contribution in [0.4, 0.5) is 0 Å². The summed E-state index contributed by atoms with van der Waals surface area (Å²) < 4.78 is 34.8. The average molecular weight is 545 g/mol. The zero-order valence-electron chi connectivity index (χ0n) is 22.1. The minimum atomic E-state index is -1.25. The number of carbonyl (C=O) groups excluding carboxylic acids is 3. The highest BCUT2D eigenvalue weighted by Crippen LogP contribution is 2.53. The standard InChI is InChI=1S/C31H28O9/c1-17(32)37-27-25-23-24(30(34)39-29(23)33)26(38-25)28(27)40-31(18-7-5-4-6-8-18,19-9-13-21(35-2)14-10-19)20-11-15-22(36-3)16-12-20/h4-16,23-28H,1-3H3. The number of cyclic esters (lactones) is 2. The van der Waals surface area contributed by atoms with Gasteiger partial charge in [0.2, 0.25) is 0 Å². The van der Waals surface area contributed by atoms with Crippen LogP contribution >= 0.6 is 0 Å².